The van der Waals surface area contributed by atoms with E-state index in [0.717, 1.165) is 24.5 Å². The zero-order valence-electron chi connectivity index (χ0n) is 13.7. The molecule has 0 saturated carbocycles. The molecule has 9 nitrogen and oxygen atoms in total. The van der Waals surface area contributed by atoms with Gasteiger partial charge >= 0.3 is 0 Å². The maximum absolute atomic E-state index is 12.1. The third kappa shape index (κ3) is 5.95. The summed E-state index contributed by atoms with van der Waals surface area (Å²) in [4.78, 5) is 33.5. The molecule has 24 heavy (non-hydrogen) atoms. The molecule has 132 valence electrons. The summed E-state index contributed by atoms with van der Waals surface area (Å²) < 4.78 is 23.2. The monoisotopic (exact) mass is 357 g/mol. The minimum atomic E-state index is -3.73. The van der Waals surface area contributed by atoms with Crippen molar-refractivity contribution in [1.29, 1.82) is 0 Å². The Bertz CT molecular complexity index is 780. The van der Waals surface area contributed by atoms with Gasteiger partial charge in [0.15, 0.2) is 9.84 Å². The molecule has 0 spiro atoms. The topological polar surface area (TPSA) is 135 Å². The van der Waals surface area contributed by atoms with Gasteiger partial charge in [0.2, 0.25) is 5.91 Å². The van der Waals surface area contributed by atoms with Crippen molar-refractivity contribution in [1.82, 2.24) is 10.6 Å². The number of carbonyl (C=O) groups excluding carboxylic acids is 2. The first-order valence-corrected chi connectivity index (χ1v) is 8.77. The Labute approximate surface area is 139 Å². The summed E-state index contributed by atoms with van der Waals surface area (Å²) >= 11 is 0. The van der Waals surface area contributed by atoms with Gasteiger partial charge < -0.3 is 10.6 Å². The van der Waals surface area contributed by atoms with Crippen LogP contribution in [-0.2, 0) is 14.6 Å². The van der Waals surface area contributed by atoms with Crippen molar-refractivity contribution in [3.05, 3.63) is 33.9 Å². The summed E-state index contributed by atoms with van der Waals surface area (Å²) in [6.07, 6.45) is 0.879. The fourth-order valence-corrected chi connectivity index (χ4v) is 2.43. The lowest BCUT2D eigenvalue weighted by Crippen LogP contribution is -2.45. The molecule has 0 aliphatic heterocycles. The van der Waals surface area contributed by atoms with Crippen LogP contribution in [0.15, 0.2) is 23.1 Å². The summed E-state index contributed by atoms with van der Waals surface area (Å²) in [5.74, 6) is -1.22. The Morgan fingerprint density at radius 2 is 1.79 bits per heavy atom. The number of nitrogens with zero attached hydrogens (tertiary/aromatic N) is 1. The van der Waals surface area contributed by atoms with Gasteiger partial charge in [0.25, 0.3) is 11.6 Å². The smallest absolute Gasteiger partial charge is 0.271 e. The van der Waals surface area contributed by atoms with Crippen LogP contribution in [0.4, 0.5) is 5.69 Å². The summed E-state index contributed by atoms with van der Waals surface area (Å²) in [7, 11) is -3.73. The second-order valence-corrected chi connectivity index (χ2v) is 8.24. The van der Waals surface area contributed by atoms with E-state index in [1.165, 1.54) is 0 Å². The molecule has 0 aliphatic rings. The molecule has 1 rings (SSSR count). The number of hydrogen-bond acceptors (Lipinski definition) is 6. The van der Waals surface area contributed by atoms with Gasteiger partial charge in [0, 0.05) is 29.5 Å². The Morgan fingerprint density at radius 3 is 2.25 bits per heavy atom. The summed E-state index contributed by atoms with van der Waals surface area (Å²) in [6, 6.07) is 2.85. The van der Waals surface area contributed by atoms with Gasteiger partial charge in [-0.3, -0.25) is 19.7 Å². The van der Waals surface area contributed by atoms with Crippen LogP contribution in [0.5, 0.6) is 0 Å². The third-order valence-corrected chi connectivity index (χ3v) is 3.81. The highest BCUT2D eigenvalue weighted by molar-refractivity contribution is 7.90. The second kappa shape index (κ2) is 6.95. The molecule has 1 aromatic carbocycles. The lowest BCUT2D eigenvalue weighted by atomic mass is 10.1. The fourth-order valence-electron chi connectivity index (χ4n) is 1.76. The zero-order valence-corrected chi connectivity index (χ0v) is 14.6. The van der Waals surface area contributed by atoms with Crippen LogP contribution in [0.25, 0.3) is 0 Å². The molecule has 2 N–H and O–H groups in total. The van der Waals surface area contributed by atoms with Crippen molar-refractivity contribution in [2.75, 3.05) is 12.8 Å². The number of non-ortho nitro benzene ring substituents is 1. The number of rotatable bonds is 5. The number of carbonyl (C=O) groups is 2. The lowest BCUT2D eigenvalue weighted by molar-refractivity contribution is -0.385. The first-order chi connectivity index (χ1) is 10.8. The number of benzene rings is 1. The van der Waals surface area contributed by atoms with Crippen LogP contribution >= 0.6 is 0 Å². The lowest BCUT2D eigenvalue weighted by Gasteiger charge is -2.20. The highest BCUT2D eigenvalue weighted by Gasteiger charge is 2.20. The molecular weight excluding hydrogens is 338 g/mol. The highest BCUT2D eigenvalue weighted by Crippen LogP contribution is 2.20. The van der Waals surface area contributed by atoms with Gasteiger partial charge in [0.1, 0.15) is 0 Å². The van der Waals surface area contributed by atoms with Crippen LogP contribution in [0.1, 0.15) is 31.1 Å². The number of sulfone groups is 1. The van der Waals surface area contributed by atoms with Crippen molar-refractivity contribution >= 4 is 27.3 Å². The average Bonchev–Trinajstić information content (AvgIpc) is 2.41. The molecule has 10 heteroatoms. The van der Waals surface area contributed by atoms with Crippen LogP contribution < -0.4 is 10.6 Å². The summed E-state index contributed by atoms with van der Waals surface area (Å²) in [5, 5.41) is 15.8. The van der Waals surface area contributed by atoms with E-state index in [9.17, 15) is 28.1 Å². The van der Waals surface area contributed by atoms with Crippen LogP contribution in [0.3, 0.4) is 0 Å². The van der Waals surface area contributed by atoms with Gasteiger partial charge in [-0.15, -0.1) is 0 Å². The SMILES string of the molecule is CC(C)(C)NC(=O)CNC(=O)c1cc([N+](=O)[O-])cc(S(C)(=O)=O)c1. The minimum absolute atomic E-state index is 0.215. The normalized spacial score (nSPS) is 11.7. The van der Waals surface area contributed by atoms with Crippen molar-refractivity contribution in [3.63, 3.8) is 0 Å². The molecule has 1 aromatic rings. The number of nitro benzene ring substituents is 1. The largest absolute Gasteiger partial charge is 0.350 e. The van der Waals surface area contributed by atoms with Gasteiger partial charge in [-0.25, -0.2) is 8.42 Å². The molecule has 0 bridgehead atoms. The van der Waals surface area contributed by atoms with E-state index in [1.54, 1.807) is 20.8 Å². The number of nitrogens with one attached hydrogen (secondary N) is 2. The predicted octanol–water partition coefficient (Wildman–Crippen LogP) is 0.643. The van der Waals surface area contributed by atoms with Crippen molar-refractivity contribution in [3.8, 4) is 0 Å². The third-order valence-electron chi connectivity index (χ3n) is 2.72. The molecule has 0 aliphatic carbocycles. The second-order valence-electron chi connectivity index (χ2n) is 6.23. The van der Waals surface area contributed by atoms with E-state index in [1.807, 2.05) is 0 Å². The molecule has 0 heterocycles. The van der Waals surface area contributed by atoms with E-state index >= 15 is 0 Å². The Kier molecular flexibility index (Phi) is 5.67. The number of nitro groups is 1. The predicted molar refractivity (Wildman–Crippen MR) is 86.4 cm³/mol. The Morgan fingerprint density at radius 1 is 1.21 bits per heavy atom. The van der Waals surface area contributed by atoms with E-state index in [-0.39, 0.29) is 17.0 Å². The summed E-state index contributed by atoms with van der Waals surface area (Å²) in [6.45, 7) is 4.97. The van der Waals surface area contributed by atoms with Crippen LogP contribution in [0, 0.1) is 10.1 Å². The van der Waals surface area contributed by atoms with Gasteiger partial charge in [-0.05, 0) is 26.8 Å². The molecule has 0 unspecified atom stereocenters. The fraction of sp³-hybridized carbons (Fsp3) is 0.429. The van der Waals surface area contributed by atoms with E-state index in [0.29, 0.717) is 0 Å². The molecule has 2 amide bonds. The Balaban J connectivity index is 3.00. The van der Waals surface area contributed by atoms with Crippen molar-refractivity contribution < 1.29 is 22.9 Å². The minimum Gasteiger partial charge on any atom is -0.350 e. The van der Waals surface area contributed by atoms with Crippen LogP contribution in [0.2, 0.25) is 0 Å². The first-order valence-electron chi connectivity index (χ1n) is 6.88. The number of amides is 2. The molecular formula is C14H19N3O6S. The Hall–Kier alpha value is -2.49. The average molecular weight is 357 g/mol. The van der Waals surface area contributed by atoms with Crippen molar-refractivity contribution in [2.24, 2.45) is 0 Å². The van der Waals surface area contributed by atoms with Gasteiger partial charge in [-0.2, -0.15) is 0 Å². The van der Waals surface area contributed by atoms with E-state index in [2.05, 4.69) is 10.6 Å². The van der Waals surface area contributed by atoms with E-state index in [4.69, 9.17) is 0 Å². The molecule has 0 fully saturated rings. The molecule has 0 aromatic heterocycles. The molecule has 0 saturated heterocycles. The van der Waals surface area contributed by atoms with Gasteiger partial charge in [-0.1, -0.05) is 0 Å². The maximum Gasteiger partial charge on any atom is 0.271 e. The quantitative estimate of drug-likeness (QED) is 0.586. The van der Waals surface area contributed by atoms with Crippen molar-refractivity contribution in [2.45, 2.75) is 31.2 Å². The zero-order chi connectivity index (χ0) is 18.7. The standard InChI is InChI=1S/C14H19N3O6S/c1-14(2,3)16-12(18)8-15-13(19)9-5-10(17(20)21)7-11(6-9)24(4,22)23/h5-7H,8H2,1-4H3,(H,15,19)(H,16,18). The van der Waals surface area contributed by atoms with E-state index < -0.39 is 37.8 Å². The number of hydrogen-bond donors (Lipinski definition) is 2. The summed E-state index contributed by atoms with van der Waals surface area (Å²) in [5.41, 5.74) is -1.22. The van der Waals surface area contributed by atoms with Crippen LogP contribution in [-0.4, -0.2) is 43.5 Å². The molecule has 0 atom stereocenters. The molecule has 0 radical (unpaired) electrons. The first kappa shape index (κ1) is 19.6. The highest BCUT2D eigenvalue weighted by atomic mass is 32.2. The van der Waals surface area contributed by atoms with Gasteiger partial charge in [0.05, 0.1) is 16.4 Å². The maximum atomic E-state index is 12.1.